The first-order valence-corrected chi connectivity index (χ1v) is 12.4. The van der Waals surface area contributed by atoms with Gasteiger partial charge in [-0.05, 0) is 68.7 Å². The minimum atomic E-state index is -0.890. The van der Waals surface area contributed by atoms with Crippen molar-refractivity contribution in [3.8, 4) is 5.75 Å². The van der Waals surface area contributed by atoms with Crippen molar-refractivity contribution >= 4 is 23.5 Å². The van der Waals surface area contributed by atoms with Crippen LogP contribution in [0, 0.1) is 5.41 Å². The van der Waals surface area contributed by atoms with Crippen LogP contribution in [0.25, 0.3) is 0 Å². The van der Waals surface area contributed by atoms with Crippen LogP contribution in [0.4, 0.5) is 0 Å². The van der Waals surface area contributed by atoms with Gasteiger partial charge in [0.2, 0.25) is 17.7 Å². The maximum Gasteiger partial charge on any atom is 0.243 e. The summed E-state index contributed by atoms with van der Waals surface area (Å²) in [5.41, 5.74) is 0.167. The number of benzene rings is 1. The average molecular weight is 487 g/mol. The molecule has 2 aliphatic rings. The van der Waals surface area contributed by atoms with Crippen molar-refractivity contribution in [3.63, 3.8) is 0 Å². The predicted molar refractivity (Wildman–Crippen MR) is 132 cm³/mol. The van der Waals surface area contributed by atoms with E-state index in [9.17, 15) is 24.3 Å². The number of phenols is 1. The number of carbonyl (C=O) groups excluding carboxylic acids is 4. The molecule has 0 bridgehead atoms. The van der Waals surface area contributed by atoms with Crippen molar-refractivity contribution in [3.05, 3.63) is 29.8 Å². The molecular formula is C26H38N4O5. The number of likely N-dealkylation sites (tertiary alicyclic amines) is 1. The molecule has 4 atom stereocenters. The lowest BCUT2D eigenvalue weighted by atomic mass is 9.85. The van der Waals surface area contributed by atoms with Crippen LogP contribution < -0.4 is 16.0 Å². The number of aromatic hydroxyl groups is 1. The highest BCUT2D eigenvalue weighted by atomic mass is 16.3. The third kappa shape index (κ3) is 6.81. The Morgan fingerprint density at radius 2 is 1.77 bits per heavy atom. The lowest BCUT2D eigenvalue weighted by molar-refractivity contribution is -0.141. The van der Waals surface area contributed by atoms with Gasteiger partial charge in [0.15, 0.2) is 5.78 Å². The summed E-state index contributed by atoms with van der Waals surface area (Å²) in [6.45, 7) is 8.28. The molecule has 4 unspecified atom stereocenters. The number of Topliss-reactive ketones (excluding diaryl/α,β-unsaturated/α-hetero) is 1. The first kappa shape index (κ1) is 26.7. The molecule has 35 heavy (non-hydrogen) atoms. The highest BCUT2D eigenvalue weighted by molar-refractivity contribution is 5.95. The maximum atomic E-state index is 13.3. The van der Waals surface area contributed by atoms with E-state index in [-0.39, 0.29) is 35.8 Å². The van der Waals surface area contributed by atoms with Crippen molar-refractivity contribution in [2.45, 2.75) is 84.0 Å². The van der Waals surface area contributed by atoms with Gasteiger partial charge in [0.25, 0.3) is 0 Å². The van der Waals surface area contributed by atoms with Crippen LogP contribution in [0.15, 0.2) is 24.3 Å². The molecule has 2 saturated heterocycles. The second-order valence-corrected chi connectivity index (χ2v) is 10.7. The van der Waals surface area contributed by atoms with Gasteiger partial charge in [0.05, 0.1) is 12.1 Å². The Morgan fingerprint density at radius 3 is 2.34 bits per heavy atom. The summed E-state index contributed by atoms with van der Waals surface area (Å²) in [4.78, 5) is 53.5. The molecule has 1 aromatic carbocycles. The quantitative estimate of drug-likeness (QED) is 0.438. The predicted octanol–water partition coefficient (Wildman–Crippen LogP) is 1.28. The molecule has 1 aromatic rings. The van der Waals surface area contributed by atoms with Crippen LogP contribution in [-0.2, 0) is 25.6 Å². The van der Waals surface area contributed by atoms with Gasteiger partial charge in [-0.15, -0.1) is 0 Å². The van der Waals surface area contributed by atoms with Crippen LogP contribution in [0.5, 0.6) is 5.75 Å². The topological polar surface area (TPSA) is 128 Å². The van der Waals surface area contributed by atoms with Crippen LogP contribution in [0.2, 0.25) is 0 Å². The van der Waals surface area contributed by atoms with Crippen molar-refractivity contribution in [2.75, 3.05) is 13.1 Å². The molecule has 2 fully saturated rings. The van der Waals surface area contributed by atoms with Crippen molar-refractivity contribution in [2.24, 2.45) is 5.41 Å². The van der Waals surface area contributed by atoms with Gasteiger partial charge in [0, 0.05) is 6.54 Å². The minimum absolute atomic E-state index is 0.0533. The summed E-state index contributed by atoms with van der Waals surface area (Å²) in [5, 5.41) is 18.4. The summed E-state index contributed by atoms with van der Waals surface area (Å²) in [5.74, 6) is -0.930. The van der Waals surface area contributed by atoms with Gasteiger partial charge < -0.3 is 26.0 Å². The summed E-state index contributed by atoms with van der Waals surface area (Å²) >= 11 is 0. The Kier molecular flexibility index (Phi) is 8.53. The molecule has 2 heterocycles. The number of phenolic OH excluding ortho intramolecular Hbond substituents is 1. The van der Waals surface area contributed by atoms with Gasteiger partial charge in [0.1, 0.15) is 17.8 Å². The van der Waals surface area contributed by atoms with Crippen LogP contribution in [0.3, 0.4) is 0 Å². The fourth-order valence-corrected chi connectivity index (χ4v) is 4.73. The number of hydrogen-bond donors (Lipinski definition) is 4. The number of nitrogens with one attached hydrogen (secondary N) is 3. The lowest BCUT2D eigenvalue weighted by Crippen LogP contribution is -2.60. The Morgan fingerprint density at radius 1 is 1.09 bits per heavy atom. The molecule has 2 aliphatic heterocycles. The van der Waals surface area contributed by atoms with Crippen LogP contribution in [0.1, 0.15) is 58.9 Å². The second-order valence-electron chi connectivity index (χ2n) is 10.7. The molecule has 9 nitrogen and oxygen atoms in total. The Bertz CT molecular complexity index is 934. The van der Waals surface area contributed by atoms with E-state index in [2.05, 4.69) is 16.0 Å². The number of ketones is 1. The Balaban J connectivity index is 1.69. The molecule has 0 spiro atoms. The Labute approximate surface area is 207 Å². The van der Waals surface area contributed by atoms with E-state index in [4.69, 9.17) is 0 Å². The molecule has 9 heteroatoms. The van der Waals surface area contributed by atoms with Crippen molar-refractivity contribution < 1.29 is 24.3 Å². The number of carbonyl (C=O) groups is 4. The molecule has 3 rings (SSSR count). The van der Waals surface area contributed by atoms with Gasteiger partial charge in [-0.25, -0.2) is 0 Å². The van der Waals surface area contributed by atoms with Crippen molar-refractivity contribution in [1.82, 2.24) is 20.9 Å². The summed E-state index contributed by atoms with van der Waals surface area (Å²) < 4.78 is 0. The monoisotopic (exact) mass is 486 g/mol. The smallest absolute Gasteiger partial charge is 0.243 e. The molecular weight excluding hydrogens is 448 g/mol. The van der Waals surface area contributed by atoms with E-state index in [0.717, 1.165) is 31.4 Å². The van der Waals surface area contributed by atoms with E-state index < -0.39 is 29.4 Å². The second kappa shape index (κ2) is 11.2. The lowest BCUT2D eigenvalue weighted by Gasteiger charge is -2.34. The fourth-order valence-electron chi connectivity index (χ4n) is 4.73. The van der Waals surface area contributed by atoms with E-state index in [1.165, 1.54) is 19.1 Å². The zero-order valence-electron chi connectivity index (χ0n) is 21.1. The maximum absolute atomic E-state index is 13.3. The number of rotatable bonds is 8. The summed E-state index contributed by atoms with van der Waals surface area (Å²) in [6, 6.07) is 3.94. The fraction of sp³-hybridized carbons (Fsp3) is 0.615. The minimum Gasteiger partial charge on any atom is -0.508 e. The van der Waals surface area contributed by atoms with Gasteiger partial charge in [-0.1, -0.05) is 32.9 Å². The first-order valence-electron chi connectivity index (χ1n) is 12.4. The van der Waals surface area contributed by atoms with E-state index in [0.29, 0.717) is 13.0 Å². The molecule has 0 aromatic heterocycles. The van der Waals surface area contributed by atoms with E-state index in [1.807, 2.05) is 20.8 Å². The molecule has 0 saturated carbocycles. The summed E-state index contributed by atoms with van der Waals surface area (Å²) in [7, 11) is 0. The molecule has 0 aliphatic carbocycles. The van der Waals surface area contributed by atoms with Crippen molar-refractivity contribution in [1.29, 1.82) is 0 Å². The Hall–Kier alpha value is -2.94. The zero-order chi connectivity index (χ0) is 25.8. The summed E-state index contributed by atoms with van der Waals surface area (Å²) in [6.07, 6.45) is 3.27. The number of nitrogens with zero attached hydrogens (tertiary/aromatic N) is 1. The van der Waals surface area contributed by atoms with Gasteiger partial charge in [-0.2, -0.15) is 0 Å². The average Bonchev–Trinajstić information content (AvgIpc) is 3.49. The van der Waals surface area contributed by atoms with Crippen LogP contribution >= 0.6 is 0 Å². The van der Waals surface area contributed by atoms with Gasteiger partial charge in [-0.3, -0.25) is 19.2 Å². The SMILES string of the molecule is CC(=O)C(Cc1ccc(O)cc1)NC(=O)C(NC(=O)C1CCCN1C(=O)C1CCCN1)C(C)(C)C. The third-order valence-corrected chi connectivity index (χ3v) is 6.80. The highest BCUT2D eigenvalue weighted by Crippen LogP contribution is 2.24. The normalized spacial score (nSPS) is 21.9. The highest BCUT2D eigenvalue weighted by Gasteiger charge is 2.41. The molecule has 0 radical (unpaired) electrons. The molecule has 4 N–H and O–H groups in total. The van der Waals surface area contributed by atoms with E-state index >= 15 is 0 Å². The number of amides is 3. The molecule has 192 valence electrons. The largest absolute Gasteiger partial charge is 0.508 e. The third-order valence-electron chi connectivity index (χ3n) is 6.80. The standard InChI is InChI=1S/C26H38N4O5/c1-16(31)20(15-17-9-11-18(32)12-10-17)28-24(34)22(26(2,3)4)29-23(33)21-8-6-14-30(21)25(35)19-7-5-13-27-19/h9-12,19-22,27,32H,5-8,13-15H2,1-4H3,(H,28,34)(H,29,33). The van der Waals surface area contributed by atoms with Crippen LogP contribution in [-0.4, -0.2) is 70.8 Å². The first-order chi connectivity index (χ1) is 16.5. The zero-order valence-corrected chi connectivity index (χ0v) is 21.1. The number of hydrogen-bond acceptors (Lipinski definition) is 6. The van der Waals surface area contributed by atoms with E-state index in [1.54, 1.807) is 17.0 Å². The van der Waals surface area contributed by atoms with Gasteiger partial charge >= 0.3 is 0 Å². The molecule has 3 amide bonds.